The quantitative estimate of drug-likeness (QED) is 0.858. The molecule has 0 saturated heterocycles. The SMILES string of the molecule is CC(O)CC(CN)c1ccccc1C(F)(F)F. The van der Waals surface area contributed by atoms with Gasteiger partial charge in [0.05, 0.1) is 11.7 Å². The van der Waals surface area contributed by atoms with Crippen molar-refractivity contribution < 1.29 is 18.3 Å². The lowest BCUT2D eigenvalue weighted by atomic mass is 9.89. The van der Waals surface area contributed by atoms with Gasteiger partial charge in [0.1, 0.15) is 0 Å². The fourth-order valence-corrected chi connectivity index (χ4v) is 1.87. The number of aliphatic hydroxyl groups excluding tert-OH is 1. The van der Waals surface area contributed by atoms with E-state index in [0.29, 0.717) is 0 Å². The van der Waals surface area contributed by atoms with Crippen molar-refractivity contribution in [3.63, 3.8) is 0 Å². The van der Waals surface area contributed by atoms with Gasteiger partial charge >= 0.3 is 6.18 Å². The Bertz CT molecular complexity index is 363. The van der Waals surface area contributed by atoms with Crippen molar-refractivity contribution in [2.24, 2.45) is 5.73 Å². The number of nitrogens with two attached hydrogens (primary N) is 1. The van der Waals surface area contributed by atoms with Gasteiger partial charge in [-0.1, -0.05) is 18.2 Å². The molecule has 17 heavy (non-hydrogen) atoms. The smallest absolute Gasteiger partial charge is 0.393 e. The van der Waals surface area contributed by atoms with Crippen LogP contribution in [0.2, 0.25) is 0 Å². The molecule has 2 atom stereocenters. The third kappa shape index (κ3) is 3.71. The second-order valence-electron chi connectivity index (χ2n) is 4.10. The Morgan fingerprint density at radius 1 is 1.29 bits per heavy atom. The summed E-state index contributed by atoms with van der Waals surface area (Å²) < 4.78 is 38.3. The van der Waals surface area contributed by atoms with Crippen LogP contribution in [0.4, 0.5) is 13.2 Å². The largest absolute Gasteiger partial charge is 0.416 e. The molecule has 0 aliphatic carbocycles. The van der Waals surface area contributed by atoms with Crippen LogP contribution in [-0.4, -0.2) is 17.8 Å². The van der Waals surface area contributed by atoms with Crippen LogP contribution in [-0.2, 0) is 6.18 Å². The maximum Gasteiger partial charge on any atom is 0.416 e. The minimum absolute atomic E-state index is 0.0813. The summed E-state index contributed by atoms with van der Waals surface area (Å²) in [5, 5.41) is 9.27. The Hall–Kier alpha value is -1.07. The van der Waals surface area contributed by atoms with Crippen LogP contribution in [0.25, 0.3) is 0 Å². The Labute approximate surface area is 98.3 Å². The number of hydrogen-bond acceptors (Lipinski definition) is 2. The molecule has 1 aromatic rings. The molecule has 1 rings (SSSR count). The van der Waals surface area contributed by atoms with E-state index in [1.165, 1.54) is 12.1 Å². The van der Waals surface area contributed by atoms with Crippen LogP contribution >= 0.6 is 0 Å². The fourth-order valence-electron chi connectivity index (χ4n) is 1.87. The molecule has 0 fully saturated rings. The van der Waals surface area contributed by atoms with E-state index in [2.05, 4.69) is 0 Å². The normalized spacial score (nSPS) is 15.6. The summed E-state index contributed by atoms with van der Waals surface area (Å²) in [6.07, 6.45) is -4.84. The highest BCUT2D eigenvalue weighted by Gasteiger charge is 2.34. The van der Waals surface area contributed by atoms with Crippen molar-refractivity contribution in [1.29, 1.82) is 0 Å². The summed E-state index contributed by atoms with van der Waals surface area (Å²) in [6, 6.07) is 5.36. The van der Waals surface area contributed by atoms with Crippen LogP contribution in [0.5, 0.6) is 0 Å². The van der Waals surface area contributed by atoms with E-state index in [1.54, 1.807) is 13.0 Å². The average Bonchev–Trinajstić information content (AvgIpc) is 2.24. The van der Waals surface area contributed by atoms with Crippen molar-refractivity contribution in [2.75, 3.05) is 6.54 Å². The molecule has 0 aliphatic rings. The molecule has 5 heteroatoms. The first-order valence-electron chi connectivity index (χ1n) is 5.40. The van der Waals surface area contributed by atoms with E-state index in [1.807, 2.05) is 0 Å². The van der Waals surface area contributed by atoms with Gasteiger partial charge < -0.3 is 10.8 Å². The Morgan fingerprint density at radius 3 is 2.35 bits per heavy atom. The standard InChI is InChI=1S/C12H16F3NO/c1-8(17)6-9(7-16)10-4-2-3-5-11(10)12(13,14)15/h2-5,8-9,17H,6-7,16H2,1H3. The van der Waals surface area contributed by atoms with Gasteiger partial charge in [0.2, 0.25) is 0 Å². The zero-order valence-electron chi connectivity index (χ0n) is 9.54. The lowest BCUT2D eigenvalue weighted by Crippen LogP contribution is -2.21. The van der Waals surface area contributed by atoms with Crippen molar-refractivity contribution in [1.82, 2.24) is 0 Å². The van der Waals surface area contributed by atoms with E-state index in [9.17, 15) is 18.3 Å². The summed E-state index contributed by atoms with van der Waals surface area (Å²) in [4.78, 5) is 0. The maximum absolute atomic E-state index is 12.8. The molecular weight excluding hydrogens is 231 g/mol. The fraction of sp³-hybridized carbons (Fsp3) is 0.500. The monoisotopic (exact) mass is 247 g/mol. The molecule has 0 aromatic heterocycles. The zero-order chi connectivity index (χ0) is 13.1. The van der Waals surface area contributed by atoms with Crippen LogP contribution in [0.1, 0.15) is 30.4 Å². The van der Waals surface area contributed by atoms with Crippen LogP contribution < -0.4 is 5.73 Å². The predicted octanol–water partition coefficient (Wildman–Crippen LogP) is 2.52. The number of alkyl halides is 3. The molecule has 0 heterocycles. The zero-order valence-corrected chi connectivity index (χ0v) is 9.54. The number of rotatable bonds is 4. The highest BCUT2D eigenvalue weighted by atomic mass is 19.4. The van der Waals surface area contributed by atoms with Crippen molar-refractivity contribution >= 4 is 0 Å². The molecule has 0 saturated carbocycles. The van der Waals surface area contributed by atoms with Gasteiger partial charge in [0.25, 0.3) is 0 Å². The van der Waals surface area contributed by atoms with Crippen LogP contribution in [0.3, 0.4) is 0 Å². The molecule has 3 N–H and O–H groups in total. The molecule has 2 unspecified atom stereocenters. The highest BCUT2D eigenvalue weighted by Crippen LogP contribution is 2.36. The summed E-state index contributed by atoms with van der Waals surface area (Å²) >= 11 is 0. The number of hydrogen-bond donors (Lipinski definition) is 2. The van der Waals surface area contributed by atoms with Crippen LogP contribution in [0, 0.1) is 0 Å². The van der Waals surface area contributed by atoms with Crippen molar-refractivity contribution in [2.45, 2.75) is 31.5 Å². The number of benzene rings is 1. The number of halogens is 3. The van der Waals surface area contributed by atoms with Gasteiger partial charge in [-0.15, -0.1) is 0 Å². The van der Waals surface area contributed by atoms with E-state index >= 15 is 0 Å². The Kier molecular flexibility index (Phi) is 4.54. The first kappa shape index (κ1) is 14.0. The first-order valence-corrected chi connectivity index (χ1v) is 5.40. The van der Waals surface area contributed by atoms with Gasteiger partial charge in [-0.3, -0.25) is 0 Å². The van der Waals surface area contributed by atoms with Gasteiger partial charge in [0, 0.05) is 0 Å². The predicted molar refractivity (Wildman–Crippen MR) is 59.5 cm³/mol. The van der Waals surface area contributed by atoms with E-state index in [-0.39, 0.29) is 18.5 Å². The third-order valence-corrected chi connectivity index (χ3v) is 2.62. The minimum Gasteiger partial charge on any atom is -0.393 e. The Balaban J connectivity index is 3.11. The topological polar surface area (TPSA) is 46.2 Å². The summed E-state index contributed by atoms with van der Waals surface area (Å²) in [7, 11) is 0. The summed E-state index contributed by atoms with van der Waals surface area (Å²) in [5.41, 5.74) is 4.97. The summed E-state index contributed by atoms with van der Waals surface area (Å²) in [5.74, 6) is -0.479. The third-order valence-electron chi connectivity index (χ3n) is 2.62. The minimum atomic E-state index is -4.39. The van der Waals surface area contributed by atoms with E-state index in [0.717, 1.165) is 6.07 Å². The van der Waals surface area contributed by atoms with Crippen molar-refractivity contribution in [3.8, 4) is 0 Å². The number of aliphatic hydroxyl groups is 1. The maximum atomic E-state index is 12.8. The molecule has 96 valence electrons. The molecule has 2 nitrogen and oxygen atoms in total. The average molecular weight is 247 g/mol. The molecular formula is C12H16F3NO. The lowest BCUT2D eigenvalue weighted by molar-refractivity contribution is -0.138. The molecule has 0 amide bonds. The second-order valence-corrected chi connectivity index (χ2v) is 4.10. The van der Waals surface area contributed by atoms with Gasteiger partial charge in [-0.2, -0.15) is 13.2 Å². The Morgan fingerprint density at radius 2 is 1.88 bits per heavy atom. The lowest BCUT2D eigenvalue weighted by Gasteiger charge is -2.21. The molecule has 0 spiro atoms. The second kappa shape index (κ2) is 5.51. The van der Waals surface area contributed by atoms with E-state index in [4.69, 9.17) is 5.73 Å². The molecule has 1 aromatic carbocycles. The summed E-state index contributed by atoms with van der Waals surface area (Å²) in [6.45, 7) is 1.62. The molecule has 0 bridgehead atoms. The molecule has 0 radical (unpaired) electrons. The van der Waals surface area contributed by atoms with Crippen molar-refractivity contribution in [3.05, 3.63) is 35.4 Å². The van der Waals surface area contributed by atoms with Gasteiger partial charge in [0.15, 0.2) is 0 Å². The van der Waals surface area contributed by atoms with E-state index < -0.39 is 23.8 Å². The van der Waals surface area contributed by atoms with Gasteiger partial charge in [-0.05, 0) is 37.4 Å². The highest BCUT2D eigenvalue weighted by molar-refractivity contribution is 5.33. The van der Waals surface area contributed by atoms with Crippen LogP contribution in [0.15, 0.2) is 24.3 Å². The van der Waals surface area contributed by atoms with Gasteiger partial charge in [-0.25, -0.2) is 0 Å². The molecule has 0 aliphatic heterocycles. The first-order chi connectivity index (χ1) is 7.86.